The number of hydrogen-bond acceptors (Lipinski definition) is 7. The minimum Gasteiger partial charge on any atom is -0.480 e. The molecule has 0 aliphatic heterocycles. The molecule has 0 bridgehead atoms. The number of carboxylic acids is 1. The first kappa shape index (κ1) is 27.2. The number of rotatable bonds is 7. The molecule has 9 nitrogen and oxygen atoms in total. The second kappa shape index (κ2) is 11.6. The van der Waals surface area contributed by atoms with Gasteiger partial charge in [0.1, 0.15) is 30.0 Å². The maximum atomic E-state index is 14.1. The molecule has 0 aliphatic rings. The number of nitrogens with one attached hydrogen (secondary N) is 1. The molecular formula is C23H21F5N6O3. The van der Waals surface area contributed by atoms with Gasteiger partial charge in [-0.2, -0.15) is 18.3 Å². The number of aliphatic carboxylic acids is 1. The van der Waals surface area contributed by atoms with E-state index in [9.17, 15) is 26.7 Å². The van der Waals surface area contributed by atoms with Crippen LogP contribution in [0.2, 0.25) is 0 Å². The molecular weight excluding hydrogens is 503 g/mol. The van der Waals surface area contributed by atoms with E-state index in [4.69, 9.17) is 9.63 Å². The van der Waals surface area contributed by atoms with Crippen LogP contribution in [0.4, 0.5) is 27.8 Å². The van der Waals surface area contributed by atoms with Gasteiger partial charge in [0.2, 0.25) is 0 Å². The molecule has 0 radical (unpaired) electrons. The number of halogens is 5. The fraction of sp³-hybridized carbons (Fsp3) is 0.261. The highest BCUT2D eigenvalue weighted by Crippen LogP contribution is 2.26. The molecule has 1 aromatic carbocycles. The number of carboxylic acid groups (broad SMARTS) is 1. The van der Waals surface area contributed by atoms with Crippen molar-refractivity contribution in [2.24, 2.45) is 5.92 Å². The smallest absolute Gasteiger partial charge is 0.391 e. The highest BCUT2D eigenvalue weighted by molar-refractivity contribution is 5.72. The van der Waals surface area contributed by atoms with Gasteiger partial charge in [-0.25, -0.2) is 18.7 Å². The minimum atomic E-state index is -4.00. The van der Waals surface area contributed by atoms with E-state index in [0.29, 0.717) is 17.0 Å². The van der Waals surface area contributed by atoms with Crippen molar-refractivity contribution in [2.75, 3.05) is 11.9 Å². The van der Waals surface area contributed by atoms with E-state index in [1.54, 1.807) is 30.3 Å². The lowest BCUT2D eigenvalue weighted by molar-refractivity contribution is -0.164. The van der Waals surface area contributed by atoms with Gasteiger partial charge < -0.3 is 14.9 Å². The average Bonchev–Trinajstić information content (AvgIpc) is 3.50. The Bertz CT molecular complexity index is 1340. The van der Waals surface area contributed by atoms with Crippen molar-refractivity contribution in [3.8, 4) is 22.9 Å². The molecule has 37 heavy (non-hydrogen) atoms. The molecule has 3 heterocycles. The maximum Gasteiger partial charge on any atom is 0.391 e. The van der Waals surface area contributed by atoms with Gasteiger partial charge in [0, 0.05) is 17.5 Å². The van der Waals surface area contributed by atoms with Crippen molar-refractivity contribution in [3.63, 3.8) is 0 Å². The van der Waals surface area contributed by atoms with Crippen molar-refractivity contribution in [3.05, 3.63) is 66.1 Å². The largest absolute Gasteiger partial charge is 0.480 e. The Balaban J connectivity index is 0.000000479. The monoisotopic (exact) mass is 524 g/mol. The summed E-state index contributed by atoms with van der Waals surface area (Å²) in [6.45, 7) is 1.83. The van der Waals surface area contributed by atoms with Gasteiger partial charge in [0.25, 0.3) is 0 Å². The Morgan fingerprint density at radius 2 is 1.84 bits per heavy atom. The zero-order valence-corrected chi connectivity index (χ0v) is 19.5. The number of nitrogens with zero attached hydrogens (tertiary/aromatic N) is 5. The highest BCUT2D eigenvalue weighted by atomic mass is 19.4. The molecule has 2 N–H and O–H groups in total. The van der Waals surface area contributed by atoms with Crippen molar-refractivity contribution in [1.29, 1.82) is 0 Å². The van der Waals surface area contributed by atoms with Crippen LogP contribution in [0, 0.1) is 17.6 Å². The van der Waals surface area contributed by atoms with Gasteiger partial charge in [-0.1, -0.05) is 37.2 Å². The highest BCUT2D eigenvalue weighted by Gasteiger charge is 2.31. The predicted octanol–water partition coefficient (Wildman–Crippen LogP) is 5.02. The second-order valence-corrected chi connectivity index (χ2v) is 7.88. The van der Waals surface area contributed by atoms with Gasteiger partial charge in [-0.3, -0.25) is 9.48 Å². The van der Waals surface area contributed by atoms with Crippen LogP contribution in [0.25, 0.3) is 22.9 Å². The number of carbonyl (C=O) groups is 1. The third-order valence-electron chi connectivity index (χ3n) is 4.79. The van der Waals surface area contributed by atoms with E-state index in [1.807, 2.05) is 0 Å². The summed E-state index contributed by atoms with van der Waals surface area (Å²) in [5, 5.41) is 19.5. The molecule has 0 saturated carbocycles. The SMILES string of the molecule is CC(C)C(F)(F)F.O=C(O)CNc1nc(-c2cc(-c3ccon3)n(Cc3ccccc3F)n2)ncc1F. The summed E-state index contributed by atoms with van der Waals surface area (Å²) >= 11 is 0. The normalized spacial score (nSPS) is 11.2. The Hall–Kier alpha value is -4.36. The van der Waals surface area contributed by atoms with E-state index < -0.39 is 30.4 Å². The van der Waals surface area contributed by atoms with E-state index in [2.05, 4.69) is 25.5 Å². The molecule has 4 aromatic rings. The van der Waals surface area contributed by atoms with Gasteiger partial charge >= 0.3 is 12.1 Å². The quantitative estimate of drug-likeness (QED) is 0.324. The third kappa shape index (κ3) is 7.32. The van der Waals surface area contributed by atoms with Crippen LogP contribution < -0.4 is 5.32 Å². The Labute approximate surface area is 207 Å². The van der Waals surface area contributed by atoms with Crippen LogP contribution in [-0.4, -0.2) is 48.7 Å². The lowest BCUT2D eigenvalue weighted by atomic mass is 10.2. The number of benzene rings is 1. The number of aromatic nitrogens is 5. The van der Waals surface area contributed by atoms with Gasteiger partial charge in [0.05, 0.1) is 18.4 Å². The molecule has 0 unspecified atom stereocenters. The lowest BCUT2D eigenvalue weighted by Gasteiger charge is -2.07. The van der Waals surface area contributed by atoms with Crippen LogP contribution in [0.3, 0.4) is 0 Å². The summed E-state index contributed by atoms with van der Waals surface area (Å²) in [7, 11) is 0. The van der Waals surface area contributed by atoms with Crippen molar-refractivity contribution >= 4 is 11.8 Å². The summed E-state index contributed by atoms with van der Waals surface area (Å²) in [4.78, 5) is 18.7. The summed E-state index contributed by atoms with van der Waals surface area (Å²) < 4.78 is 68.0. The van der Waals surface area contributed by atoms with Crippen LogP contribution in [0.15, 0.2) is 53.4 Å². The molecule has 196 valence electrons. The summed E-state index contributed by atoms with van der Waals surface area (Å²) in [6, 6.07) is 9.49. The fourth-order valence-electron chi connectivity index (χ4n) is 2.76. The molecule has 0 saturated heterocycles. The van der Waals surface area contributed by atoms with E-state index >= 15 is 0 Å². The zero-order chi connectivity index (χ0) is 27.2. The number of hydrogen-bond donors (Lipinski definition) is 2. The fourth-order valence-corrected chi connectivity index (χ4v) is 2.76. The molecule has 0 fully saturated rings. The van der Waals surface area contributed by atoms with Crippen LogP contribution in [0.5, 0.6) is 0 Å². The van der Waals surface area contributed by atoms with Crippen LogP contribution in [-0.2, 0) is 11.3 Å². The standard InChI is InChI=1S/C19H14F2N6O3.C4H7F3/c20-12-4-2-1-3-11(12)10-27-16(14-5-6-30-26-14)7-15(25-27)19-22-8-13(21)18(24-19)23-9-17(28)29;1-3(2)4(5,6)7/h1-8H,9-10H2,(H,28,29)(H,22,23,24);3H,1-2H3. The summed E-state index contributed by atoms with van der Waals surface area (Å²) in [6.07, 6.45) is -1.70. The summed E-state index contributed by atoms with van der Waals surface area (Å²) in [5.41, 5.74) is 1.63. The van der Waals surface area contributed by atoms with E-state index in [1.165, 1.54) is 17.0 Å². The van der Waals surface area contributed by atoms with Crippen molar-refractivity contribution in [2.45, 2.75) is 26.6 Å². The second-order valence-electron chi connectivity index (χ2n) is 7.88. The Kier molecular flexibility index (Phi) is 8.52. The molecule has 3 aromatic heterocycles. The van der Waals surface area contributed by atoms with E-state index in [0.717, 1.165) is 20.0 Å². The summed E-state index contributed by atoms with van der Waals surface area (Å²) in [5.74, 6) is -3.78. The Morgan fingerprint density at radius 1 is 1.14 bits per heavy atom. The molecule has 0 atom stereocenters. The predicted molar refractivity (Wildman–Crippen MR) is 121 cm³/mol. The van der Waals surface area contributed by atoms with Crippen LogP contribution in [0.1, 0.15) is 19.4 Å². The molecule has 4 rings (SSSR count). The van der Waals surface area contributed by atoms with E-state index in [-0.39, 0.29) is 29.7 Å². The lowest BCUT2D eigenvalue weighted by Crippen LogP contribution is -2.15. The van der Waals surface area contributed by atoms with Crippen molar-refractivity contribution in [1.82, 2.24) is 24.9 Å². The Morgan fingerprint density at radius 3 is 2.43 bits per heavy atom. The molecule has 0 aliphatic carbocycles. The topological polar surface area (TPSA) is 119 Å². The zero-order valence-electron chi connectivity index (χ0n) is 19.5. The first-order valence-corrected chi connectivity index (χ1v) is 10.7. The first-order chi connectivity index (χ1) is 17.5. The minimum absolute atomic E-state index is 0.0568. The maximum absolute atomic E-state index is 14.1. The molecule has 14 heteroatoms. The van der Waals surface area contributed by atoms with Gasteiger partial charge in [0.15, 0.2) is 17.5 Å². The van der Waals surface area contributed by atoms with Gasteiger partial charge in [-0.05, 0) is 12.1 Å². The first-order valence-electron chi connectivity index (χ1n) is 10.7. The molecule has 0 amide bonds. The van der Waals surface area contributed by atoms with Gasteiger partial charge in [-0.15, -0.1) is 0 Å². The average molecular weight is 524 g/mol. The number of alkyl halides is 3. The number of anilines is 1. The molecule has 0 spiro atoms. The third-order valence-corrected chi connectivity index (χ3v) is 4.79. The van der Waals surface area contributed by atoms with Crippen molar-refractivity contribution < 1.29 is 36.4 Å². The van der Waals surface area contributed by atoms with Crippen LogP contribution >= 0.6 is 0 Å².